The Morgan fingerprint density at radius 1 is 0.962 bits per heavy atom. The summed E-state index contributed by atoms with van der Waals surface area (Å²) in [5.74, 6) is 2.48. The molecule has 0 N–H and O–H groups in total. The molecule has 1 unspecified atom stereocenters. The Hall–Kier alpha value is -1.42. The maximum atomic E-state index is 12.9. The molecular weight excluding hydrogens is 331 g/mol. The van der Waals surface area contributed by atoms with Crippen LogP contribution in [0, 0.1) is 29.5 Å². The van der Waals surface area contributed by atoms with E-state index in [1.165, 1.54) is 56.4 Å². The predicted molar refractivity (Wildman–Crippen MR) is 97.3 cm³/mol. The first-order chi connectivity index (χ1) is 12.7. The van der Waals surface area contributed by atoms with Crippen molar-refractivity contribution < 1.29 is 18.7 Å². The third kappa shape index (κ3) is 4.64. The van der Waals surface area contributed by atoms with E-state index in [-0.39, 0.29) is 17.7 Å². The van der Waals surface area contributed by atoms with E-state index in [1.807, 2.05) is 0 Å². The summed E-state index contributed by atoms with van der Waals surface area (Å²) in [7, 11) is 0. The van der Waals surface area contributed by atoms with Gasteiger partial charge in [-0.3, -0.25) is 4.79 Å². The molecular formula is C22H29FO3. The van der Waals surface area contributed by atoms with Gasteiger partial charge in [0.25, 0.3) is 0 Å². The van der Waals surface area contributed by atoms with Gasteiger partial charge < -0.3 is 9.47 Å². The standard InChI is InChI=1S/C22H29FO3/c23-19-9-11-20(12-10-19)26-22(24)18-7-5-17(6-8-18)16-3-1-15(2-4-16)13-21-14-25-21/h9-12,15-18,21H,1-8,13-14H2. The average Bonchev–Trinajstić information content (AvgIpc) is 3.48. The monoisotopic (exact) mass is 360 g/mol. The second-order valence-electron chi connectivity index (χ2n) is 8.46. The molecule has 4 rings (SSSR count). The molecule has 1 heterocycles. The summed E-state index contributed by atoms with van der Waals surface area (Å²) in [6.07, 6.45) is 11.4. The topological polar surface area (TPSA) is 38.8 Å². The van der Waals surface area contributed by atoms with Crippen LogP contribution in [0.5, 0.6) is 5.75 Å². The van der Waals surface area contributed by atoms with Crippen LogP contribution in [0.15, 0.2) is 24.3 Å². The fourth-order valence-electron chi connectivity index (χ4n) is 5.00. The van der Waals surface area contributed by atoms with Gasteiger partial charge in [0.2, 0.25) is 0 Å². The first-order valence-electron chi connectivity index (χ1n) is 10.3. The quantitative estimate of drug-likeness (QED) is 0.415. The summed E-state index contributed by atoms with van der Waals surface area (Å²) < 4.78 is 23.7. The summed E-state index contributed by atoms with van der Waals surface area (Å²) in [4.78, 5) is 12.4. The number of esters is 1. The van der Waals surface area contributed by atoms with E-state index < -0.39 is 0 Å². The number of carbonyl (C=O) groups is 1. The molecule has 0 aromatic heterocycles. The highest BCUT2D eigenvalue weighted by Gasteiger charge is 2.35. The Morgan fingerprint density at radius 3 is 2.12 bits per heavy atom. The van der Waals surface area contributed by atoms with Crippen molar-refractivity contribution in [3.63, 3.8) is 0 Å². The van der Waals surface area contributed by atoms with Gasteiger partial charge in [-0.25, -0.2) is 4.39 Å². The third-order valence-electron chi connectivity index (χ3n) is 6.69. The van der Waals surface area contributed by atoms with E-state index in [9.17, 15) is 9.18 Å². The minimum atomic E-state index is -0.315. The molecule has 1 aromatic carbocycles. The van der Waals surface area contributed by atoms with Crippen LogP contribution in [-0.2, 0) is 9.53 Å². The van der Waals surface area contributed by atoms with Gasteiger partial charge >= 0.3 is 5.97 Å². The number of rotatable bonds is 5. The molecule has 142 valence electrons. The lowest BCUT2D eigenvalue weighted by Crippen LogP contribution is -2.30. The lowest BCUT2D eigenvalue weighted by atomic mass is 9.68. The van der Waals surface area contributed by atoms with Crippen LogP contribution in [0.2, 0.25) is 0 Å². The SMILES string of the molecule is O=C(Oc1ccc(F)cc1)C1CCC(C2CCC(CC3CO3)CC2)CC1. The molecule has 0 bridgehead atoms. The van der Waals surface area contributed by atoms with Crippen LogP contribution in [-0.4, -0.2) is 18.7 Å². The van der Waals surface area contributed by atoms with Crippen molar-refractivity contribution in [2.24, 2.45) is 23.7 Å². The van der Waals surface area contributed by atoms with Gasteiger partial charge in [-0.1, -0.05) is 12.8 Å². The van der Waals surface area contributed by atoms with E-state index in [2.05, 4.69) is 0 Å². The van der Waals surface area contributed by atoms with Crippen molar-refractivity contribution >= 4 is 5.97 Å². The normalized spacial score (nSPS) is 34.3. The van der Waals surface area contributed by atoms with Gasteiger partial charge in [-0.05, 0) is 87.0 Å². The largest absolute Gasteiger partial charge is 0.426 e. The van der Waals surface area contributed by atoms with Crippen LogP contribution in [0.25, 0.3) is 0 Å². The third-order valence-corrected chi connectivity index (χ3v) is 6.69. The lowest BCUT2D eigenvalue weighted by Gasteiger charge is -2.37. The number of carbonyl (C=O) groups excluding carboxylic acids is 1. The van der Waals surface area contributed by atoms with Crippen molar-refractivity contribution in [3.8, 4) is 5.75 Å². The smallest absolute Gasteiger partial charge is 0.314 e. The van der Waals surface area contributed by atoms with E-state index in [1.54, 1.807) is 0 Å². The highest BCUT2D eigenvalue weighted by molar-refractivity contribution is 5.75. The van der Waals surface area contributed by atoms with Crippen LogP contribution in [0.3, 0.4) is 0 Å². The number of ether oxygens (including phenoxy) is 2. The van der Waals surface area contributed by atoms with Crippen molar-refractivity contribution in [1.29, 1.82) is 0 Å². The number of benzene rings is 1. The molecule has 1 atom stereocenters. The Kier molecular flexibility index (Phi) is 5.58. The maximum Gasteiger partial charge on any atom is 0.314 e. The van der Waals surface area contributed by atoms with Crippen molar-refractivity contribution in [3.05, 3.63) is 30.1 Å². The zero-order valence-electron chi connectivity index (χ0n) is 15.4. The summed E-state index contributed by atoms with van der Waals surface area (Å²) in [6, 6.07) is 5.68. The second kappa shape index (κ2) is 8.08. The Morgan fingerprint density at radius 2 is 1.54 bits per heavy atom. The summed E-state index contributed by atoms with van der Waals surface area (Å²) in [5.41, 5.74) is 0. The zero-order valence-corrected chi connectivity index (χ0v) is 15.4. The summed E-state index contributed by atoms with van der Waals surface area (Å²) in [6.45, 7) is 0.984. The van der Waals surface area contributed by atoms with E-state index in [4.69, 9.17) is 9.47 Å². The van der Waals surface area contributed by atoms with Crippen LogP contribution in [0.4, 0.5) is 4.39 Å². The molecule has 2 saturated carbocycles. The molecule has 0 amide bonds. The zero-order chi connectivity index (χ0) is 17.9. The number of epoxide rings is 1. The fraction of sp³-hybridized carbons (Fsp3) is 0.682. The van der Waals surface area contributed by atoms with Gasteiger partial charge in [-0.15, -0.1) is 0 Å². The summed E-state index contributed by atoms with van der Waals surface area (Å²) >= 11 is 0. The van der Waals surface area contributed by atoms with Crippen molar-refractivity contribution in [1.82, 2.24) is 0 Å². The minimum absolute atomic E-state index is 0.000317. The average molecular weight is 360 g/mol. The molecule has 3 aliphatic rings. The van der Waals surface area contributed by atoms with Crippen LogP contribution in [0.1, 0.15) is 57.8 Å². The van der Waals surface area contributed by atoms with Gasteiger partial charge in [0, 0.05) is 0 Å². The first kappa shape index (κ1) is 18.0. The second-order valence-corrected chi connectivity index (χ2v) is 8.46. The molecule has 1 saturated heterocycles. The lowest BCUT2D eigenvalue weighted by molar-refractivity contribution is -0.140. The van der Waals surface area contributed by atoms with E-state index in [0.717, 1.165) is 50.0 Å². The fourth-order valence-corrected chi connectivity index (χ4v) is 5.00. The molecule has 0 radical (unpaired) electrons. The Labute approximate surface area is 155 Å². The van der Waals surface area contributed by atoms with Gasteiger partial charge in [-0.2, -0.15) is 0 Å². The van der Waals surface area contributed by atoms with Crippen molar-refractivity contribution in [2.75, 3.05) is 6.61 Å². The molecule has 1 aliphatic heterocycles. The number of hydrogen-bond acceptors (Lipinski definition) is 3. The minimum Gasteiger partial charge on any atom is -0.426 e. The molecule has 4 heteroatoms. The molecule has 1 aromatic rings. The Bertz CT molecular complexity index is 594. The number of halogens is 1. The van der Waals surface area contributed by atoms with Crippen LogP contribution >= 0.6 is 0 Å². The van der Waals surface area contributed by atoms with Crippen molar-refractivity contribution in [2.45, 2.75) is 63.9 Å². The highest BCUT2D eigenvalue weighted by atomic mass is 19.1. The molecule has 0 spiro atoms. The van der Waals surface area contributed by atoms with Gasteiger partial charge in [0.15, 0.2) is 0 Å². The van der Waals surface area contributed by atoms with E-state index >= 15 is 0 Å². The van der Waals surface area contributed by atoms with Crippen LogP contribution < -0.4 is 4.74 Å². The van der Waals surface area contributed by atoms with Gasteiger partial charge in [0.1, 0.15) is 11.6 Å². The molecule has 26 heavy (non-hydrogen) atoms. The van der Waals surface area contributed by atoms with Gasteiger partial charge in [0.05, 0.1) is 18.6 Å². The predicted octanol–water partition coefficient (Wildman–Crippen LogP) is 5.13. The molecule has 3 fully saturated rings. The molecule has 3 nitrogen and oxygen atoms in total. The van der Waals surface area contributed by atoms with E-state index in [0.29, 0.717) is 11.9 Å². The first-order valence-corrected chi connectivity index (χ1v) is 10.3. The Balaban J connectivity index is 1.20. The molecule has 2 aliphatic carbocycles. The maximum absolute atomic E-state index is 12.9. The summed E-state index contributed by atoms with van der Waals surface area (Å²) in [5, 5.41) is 0. The number of hydrogen-bond donors (Lipinski definition) is 0. The highest BCUT2D eigenvalue weighted by Crippen LogP contribution is 2.43.